The molecule has 3 unspecified atom stereocenters. The number of hydrogen-bond donors (Lipinski definition) is 1. The first kappa shape index (κ1) is 18.3. The van der Waals surface area contributed by atoms with Crippen LogP contribution in [0.15, 0.2) is 36.5 Å². The first-order chi connectivity index (χ1) is 14.0. The van der Waals surface area contributed by atoms with Gasteiger partial charge in [-0.05, 0) is 24.3 Å². The van der Waals surface area contributed by atoms with Crippen molar-refractivity contribution in [2.45, 2.75) is 24.8 Å². The van der Waals surface area contributed by atoms with E-state index in [2.05, 4.69) is 9.88 Å². The second-order valence-corrected chi connectivity index (χ2v) is 7.89. The minimum atomic E-state index is -1.07. The molecule has 0 radical (unpaired) electrons. The molecule has 0 bridgehead atoms. The molecule has 9 heteroatoms. The summed E-state index contributed by atoms with van der Waals surface area (Å²) in [4.78, 5) is 19.6. The quantitative estimate of drug-likeness (QED) is 0.804. The fourth-order valence-electron chi connectivity index (χ4n) is 4.30. The van der Waals surface area contributed by atoms with E-state index in [9.17, 15) is 9.90 Å². The molecule has 2 saturated heterocycles. The number of fused-ring (bicyclic) bond motifs is 2. The Bertz CT molecular complexity index is 956. The van der Waals surface area contributed by atoms with Crippen LogP contribution in [-0.4, -0.2) is 59.5 Å². The van der Waals surface area contributed by atoms with Gasteiger partial charge in [0.05, 0.1) is 36.0 Å². The van der Waals surface area contributed by atoms with Crippen LogP contribution in [0.25, 0.3) is 0 Å². The number of aromatic nitrogens is 1. The van der Waals surface area contributed by atoms with Crippen molar-refractivity contribution in [1.82, 2.24) is 9.88 Å². The average molecular weight is 418 g/mol. The number of carbonyl (C=O) groups is 1. The molecule has 29 heavy (non-hydrogen) atoms. The molecule has 3 aliphatic rings. The monoisotopic (exact) mass is 417 g/mol. The lowest BCUT2D eigenvalue weighted by atomic mass is 10.0. The maximum absolute atomic E-state index is 11.6. The highest BCUT2D eigenvalue weighted by Gasteiger charge is 2.46. The van der Waals surface area contributed by atoms with Gasteiger partial charge < -0.3 is 24.2 Å². The zero-order valence-corrected chi connectivity index (χ0v) is 16.5. The second-order valence-electron chi connectivity index (χ2n) is 7.46. The predicted molar refractivity (Wildman–Crippen MR) is 105 cm³/mol. The molecule has 2 aromatic rings. The van der Waals surface area contributed by atoms with Gasteiger partial charge in [-0.25, -0.2) is 4.79 Å². The van der Waals surface area contributed by atoms with Crippen LogP contribution in [0.4, 0.5) is 10.5 Å². The number of piperazine rings is 1. The first-order valence-electron chi connectivity index (χ1n) is 9.43. The van der Waals surface area contributed by atoms with Gasteiger partial charge in [0.2, 0.25) is 0 Å². The minimum absolute atomic E-state index is 0.0736. The van der Waals surface area contributed by atoms with Gasteiger partial charge in [0.15, 0.2) is 11.5 Å². The third-order valence-electron chi connectivity index (χ3n) is 5.71. The third-order valence-corrected chi connectivity index (χ3v) is 5.93. The lowest BCUT2D eigenvalue weighted by molar-refractivity contribution is -0.0716. The lowest BCUT2D eigenvalue weighted by Crippen LogP contribution is -2.60. The molecule has 0 aliphatic carbocycles. The molecule has 1 N–H and O–H groups in total. The van der Waals surface area contributed by atoms with Crippen molar-refractivity contribution in [3.8, 4) is 11.5 Å². The topological polar surface area (TPSA) is 84.4 Å². The maximum atomic E-state index is 11.6. The van der Waals surface area contributed by atoms with E-state index in [4.69, 9.17) is 25.8 Å². The number of halogens is 1. The van der Waals surface area contributed by atoms with Crippen molar-refractivity contribution >= 4 is 23.4 Å². The van der Waals surface area contributed by atoms with Gasteiger partial charge in [-0.15, -0.1) is 0 Å². The van der Waals surface area contributed by atoms with Gasteiger partial charge >= 0.3 is 6.09 Å². The van der Waals surface area contributed by atoms with Gasteiger partial charge in [0, 0.05) is 26.2 Å². The molecule has 152 valence electrons. The van der Waals surface area contributed by atoms with Crippen molar-refractivity contribution in [3.63, 3.8) is 0 Å². The zero-order valence-electron chi connectivity index (χ0n) is 15.7. The Morgan fingerprint density at radius 3 is 2.79 bits per heavy atom. The Balaban J connectivity index is 1.47. The molecule has 1 aromatic carbocycles. The van der Waals surface area contributed by atoms with E-state index in [0.29, 0.717) is 48.5 Å². The average Bonchev–Trinajstić information content (AvgIpc) is 3.32. The van der Waals surface area contributed by atoms with Gasteiger partial charge in [0.1, 0.15) is 5.69 Å². The fourth-order valence-corrected chi connectivity index (χ4v) is 4.41. The van der Waals surface area contributed by atoms with Crippen molar-refractivity contribution < 1.29 is 24.1 Å². The summed E-state index contributed by atoms with van der Waals surface area (Å²) < 4.78 is 18.0. The van der Waals surface area contributed by atoms with Crippen LogP contribution >= 0.6 is 11.6 Å². The smallest absolute Gasteiger partial charge is 0.407 e. The Hall–Kier alpha value is -2.71. The molecule has 1 aromatic heterocycles. The van der Waals surface area contributed by atoms with Gasteiger partial charge in [-0.1, -0.05) is 17.7 Å². The number of anilines is 1. The van der Waals surface area contributed by atoms with Crippen LogP contribution < -0.4 is 14.4 Å². The first-order valence-corrected chi connectivity index (χ1v) is 9.81. The highest BCUT2D eigenvalue weighted by atomic mass is 35.5. The fraction of sp³-hybridized carbons (Fsp3) is 0.400. The van der Waals surface area contributed by atoms with Crippen LogP contribution in [-0.2, 0) is 10.5 Å². The minimum Gasteiger partial charge on any atom is -0.465 e. The van der Waals surface area contributed by atoms with E-state index in [-0.39, 0.29) is 12.1 Å². The Labute approximate surface area is 172 Å². The Morgan fingerprint density at radius 2 is 2.03 bits per heavy atom. The normalized spacial score (nSPS) is 27.8. The lowest BCUT2D eigenvalue weighted by Gasteiger charge is -2.43. The van der Waals surface area contributed by atoms with E-state index in [1.54, 1.807) is 18.3 Å². The molecule has 3 aliphatic heterocycles. The molecule has 5 rings (SSSR count). The van der Waals surface area contributed by atoms with Gasteiger partial charge in [-0.2, -0.15) is 0 Å². The number of ether oxygens (including phenoxy) is 3. The number of para-hydroxylation sites is 1. The zero-order chi connectivity index (χ0) is 20.2. The van der Waals surface area contributed by atoms with E-state index in [1.165, 1.54) is 4.90 Å². The molecular formula is C20H20ClN3O5. The van der Waals surface area contributed by atoms with Crippen molar-refractivity contribution in [3.05, 3.63) is 47.2 Å². The van der Waals surface area contributed by atoms with Crippen LogP contribution in [0.3, 0.4) is 0 Å². The summed E-state index contributed by atoms with van der Waals surface area (Å²) >= 11 is 5.96. The number of nitrogens with zero attached hydrogens (tertiary/aromatic N) is 3. The molecule has 0 saturated carbocycles. The van der Waals surface area contributed by atoms with Gasteiger partial charge in [0.25, 0.3) is 5.79 Å². The van der Waals surface area contributed by atoms with E-state index >= 15 is 0 Å². The standard InChI is InChI=1S/C20H20ClN3O5/c1-20(17-6-5-12(21)9-22-17)28-16-4-2-3-13(18(16)29-20)23-7-8-24(19(25)26)15-11-27-10-14(15)23/h2-6,9,14-15H,7-8,10-11H2,1H3,(H,25,26). The highest BCUT2D eigenvalue weighted by molar-refractivity contribution is 6.30. The van der Waals surface area contributed by atoms with Crippen LogP contribution in [0.5, 0.6) is 11.5 Å². The largest absolute Gasteiger partial charge is 0.465 e. The number of pyridine rings is 1. The van der Waals surface area contributed by atoms with Crippen LogP contribution in [0, 0.1) is 0 Å². The summed E-state index contributed by atoms with van der Waals surface area (Å²) in [7, 11) is 0. The van der Waals surface area contributed by atoms with E-state index < -0.39 is 11.9 Å². The van der Waals surface area contributed by atoms with Crippen LogP contribution in [0.2, 0.25) is 5.02 Å². The predicted octanol–water partition coefficient (Wildman–Crippen LogP) is 2.95. The van der Waals surface area contributed by atoms with E-state index in [0.717, 1.165) is 5.69 Å². The van der Waals surface area contributed by atoms with Crippen molar-refractivity contribution in [1.29, 1.82) is 0 Å². The Morgan fingerprint density at radius 1 is 1.21 bits per heavy atom. The number of amides is 1. The number of hydrogen-bond acceptors (Lipinski definition) is 6. The number of benzene rings is 1. The van der Waals surface area contributed by atoms with Crippen LogP contribution in [0.1, 0.15) is 12.6 Å². The molecule has 8 nitrogen and oxygen atoms in total. The molecular weight excluding hydrogens is 398 g/mol. The van der Waals surface area contributed by atoms with E-state index in [1.807, 2.05) is 25.1 Å². The number of rotatable bonds is 2. The summed E-state index contributed by atoms with van der Waals surface area (Å²) in [6.07, 6.45) is 0.647. The summed E-state index contributed by atoms with van der Waals surface area (Å²) in [6.45, 7) is 3.63. The summed E-state index contributed by atoms with van der Waals surface area (Å²) in [5, 5.41) is 10.0. The third kappa shape index (κ3) is 2.94. The molecule has 3 atom stereocenters. The van der Waals surface area contributed by atoms with Gasteiger partial charge in [-0.3, -0.25) is 9.88 Å². The second kappa shape index (κ2) is 6.67. The molecule has 0 spiro atoms. The van der Waals surface area contributed by atoms with Crippen molar-refractivity contribution in [2.75, 3.05) is 31.2 Å². The molecule has 2 fully saturated rings. The Kier molecular flexibility index (Phi) is 4.22. The maximum Gasteiger partial charge on any atom is 0.407 e. The highest BCUT2D eigenvalue weighted by Crippen LogP contribution is 2.50. The molecule has 4 heterocycles. The summed E-state index contributed by atoms with van der Waals surface area (Å²) in [6, 6.07) is 8.98. The summed E-state index contributed by atoms with van der Waals surface area (Å²) in [5.74, 6) is 0.177. The molecule has 1 amide bonds. The SMILES string of the molecule is CC1(c2ccc(Cl)cn2)Oc2cccc(N3CCN(C(=O)O)C4COCC43)c2O1. The number of carboxylic acid groups (broad SMARTS) is 1. The van der Waals surface area contributed by atoms with Crippen molar-refractivity contribution in [2.24, 2.45) is 0 Å². The summed E-state index contributed by atoms with van der Waals surface area (Å²) in [5.41, 5.74) is 1.48.